The van der Waals surface area contributed by atoms with E-state index in [1.807, 2.05) is 42.5 Å². The van der Waals surface area contributed by atoms with Crippen LogP contribution in [0.2, 0.25) is 0 Å². The van der Waals surface area contributed by atoms with Gasteiger partial charge in [0.25, 0.3) is 0 Å². The van der Waals surface area contributed by atoms with Crippen LogP contribution in [0.4, 0.5) is 0 Å². The number of ether oxygens (including phenoxy) is 3. The lowest BCUT2D eigenvalue weighted by molar-refractivity contribution is -0.133. The lowest BCUT2D eigenvalue weighted by Crippen LogP contribution is -2.12. The maximum absolute atomic E-state index is 12.4. The summed E-state index contributed by atoms with van der Waals surface area (Å²) in [6.45, 7) is 0. The van der Waals surface area contributed by atoms with Crippen LogP contribution >= 0.6 is 0 Å². The number of hydrogen-bond acceptors (Lipinski definition) is 4. The number of hydrogen-bond donors (Lipinski definition) is 0. The Morgan fingerprint density at radius 3 is 2.17 bits per heavy atom. The first-order chi connectivity index (χ1) is 11.7. The molecular formula is C20H18O4. The molecule has 0 heterocycles. The SMILES string of the molecule is COc1cccc(OC)c1OC(=O)Cc1cccc2ccccc12. The second-order valence-electron chi connectivity index (χ2n) is 5.28. The molecule has 0 bridgehead atoms. The zero-order chi connectivity index (χ0) is 16.9. The second-order valence-corrected chi connectivity index (χ2v) is 5.28. The third-order valence-corrected chi connectivity index (χ3v) is 3.81. The van der Waals surface area contributed by atoms with Gasteiger partial charge in [-0.2, -0.15) is 0 Å². The predicted octanol–water partition coefficient (Wildman–Crippen LogP) is 4.01. The fourth-order valence-electron chi connectivity index (χ4n) is 2.67. The van der Waals surface area contributed by atoms with Crippen molar-refractivity contribution in [2.24, 2.45) is 0 Å². The molecule has 0 amide bonds. The molecule has 4 heteroatoms. The van der Waals surface area contributed by atoms with E-state index >= 15 is 0 Å². The van der Waals surface area contributed by atoms with E-state index in [0.29, 0.717) is 17.2 Å². The number of methoxy groups -OCH3 is 2. The van der Waals surface area contributed by atoms with E-state index < -0.39 is 0 Å². The van der Waals surface area contributed by atoms with Crippen LogP contribution < -0.4 is 14.2 Å². The van der Waals surface area contributed by atoms with E-state index in [9.17, 15) is 4.79 Å². The van der Waals surface area contributed by atoms with Gasteiger partial charge in [-0.3, -0.25) is 4.79 Å². The van der Waals surface area contributed by atoms with Crippen LogP contribution in [-0.2, 0) is 11.2 Å². The summed E-state index contributed by atoms with van der Waals surface area (Å²) >= 11 is 0. The van der Waals surface area contributed by atoms with E-state index in [1.54, 1.807) is 18.2 Å². The van der Waals surface area contributed by atoms with Crippen molar-refractivity contribution in [1.82, 2.24) is 0 Å². The molecule has 0 aliphatic rings. The predicted molar refractivity (Wildman–Crippen MR) is 92.8 cm³/mol. The van der Waals surface area contributed by atoms with Gasteiger partial charge in [0.05, 0.1) is 20.6 Å². The molecule has 0 spiro atoms. The second kappa shape index (κ2) is 7.04. The van der Waals surface area contributed by atoms with E-state index in [-0.39, 0.29) is 12.4 Å². The summed E-state index contributed by atoms with van der Waals surface area (Å²) < 4.78 is 16.0. The van der Waals surface area contributed by atoms with Crippen molar-refractivity contribution in [3.05, 3.63) is 66.2 Å². The van der Waals surface area contributed by atoms with Crippen molar-refractivity contribution >= 4 is 16.7 Å². The lowest BCUT2D eigenvalue weighted by atomic mass is 10.0. The maximum Gasteiger partial charge on any atom is 0.315 e. The van der Waals surface area contributed by atoms with Crippen LogP contribution in [-0.4, -0.2) is 20.2 Å². The molecule has 0 fully saturated rings. The van der Waals surface area contributed by atoms with E-state index in [1.165, 1.54) is 14.2 Å². The molecule has 3 rings (SSSR count). The lowest BCUT2D eigenvalue weighted by Gasteiger charge is -2.13. The van der Waals surface area contributed by atoms with Crippen LogP contribution in [0.25, 0.3) is 10.8 Å². The van der Waals surface area contributed by atoms with Crippen LogP contribution in [0.15, 0.2) is 60.7 Å². The minimum Gasteiger partial charge on any atom is -0.493 e. The zero-order valence-corrected chi connectivity index (χ0v) is 13.6. The molecule has 0 saturated heterocycles. The number of esters is 1. The highest BCUT2D eigenvalue weighted by atomic mass is 16.6. The van der Waals surface area contributed by atoms with Crippen LogP contribution in [0, 0.1) is 0 Å². The Hall–Kier alpha value is -3.01. The Bertz CT molecular complexity index is 843. The van der Waals surface area contributed by atoms with Crippen molar-refractivity contribution in [2.45, 2.75) is 6.42 Å². The summed E-state index contributed by atoms with van der Waals surface area (Å²) in [5.41, 5.74) is 0.923. The molecule has 4 nitrogen and oxygen atoms in total. The first kappa shape index (κ1) is 15.9. The van der Waals surface area contributed by atoms with Gasteiger partial charge in [-0.05, 0) is 28.5 Å². The molecule has 0 radical (unpaired) electrons. The summed E-state index contributed by atoms with van der Waals surface area (Å²) in [7, 11) is 3.05. The molecule has 3 aromatic carbocycles. The van der Waals surface area contributed by atoms with Gasteiger partial charge < -0.3 is 14.2 Å². The van der Waals surface area contributed by atoms with E-state index in [2.05, 4.69) is 0 Å². The summed E-state index contributed by atoms with van der Waals surface area (Å²) in [5.74, 6) is 0.850. The van der Waals surface area contributed by atoms with Crippen molar-refractivity contribution in [3.63, 3.8) is 0 Å². The average Bonchev–Trinajstić information content (AvgIpc) is 2.62. The van der Waals surface area contributed by atoms with Crippen molar-refractivity contribution in [3.8, 4) is 17.2 Å². The first-order valence-electron chi connectivity index (χ1n) is 7.61. The maximum atomic E-state index is 12.4. The highest BCUT2D eigenvalue weighted by Crippen LogP contribution is 2.37. The van der Waals surface area contributed by atoms with Crippen LogP contribution in [0.5, 0.6) is 17.2 Å². The highest BCUT2D eigenvalue weighted by molar-refractivity contribution is 5.89. The third-order valence-electron chi connectivity index (χ3n) is 3.81. The number of benzene rings is 3. The topological polar surface area (TPSA) is 44.8 Å². The molecule has 0 N–H and O–H groups in total. The number of fused-ring (bicyclic) bond motifs is 1. The van der Waals surface area contributed by atoms with Gasteiger partial charge in [-0.1, -0.05) is 48.5 Å². The minimum absolute atomic E-state index is 0.169. The summed E-state index contributed by atoms with van der Waals surface area (Å²) in [5, 5.41) is 2.14. The quantitative estimate of drug-likeness (QED) is 0.526. The number of carbonyl (C=O) groups is 1. The van der Waals surface area contributed by atoms with Crippen molar-refractivity contribution < 1.29 is 19.0 Å². The van der Waals surface area contributed by atoms with Crippen molar-refractivity contribution in [1.29, 1.82) is 0 Å². The summed E-state index contributed by atoms with van der Waals surface area (Å²) in [6, 6.07) is 19.1. The number of rotatable bonds is 5. The Labute approximate surface area is 140 Å². The molecule has 0 aliphatic carbocycles. The molecule has 24 heavy (non-hydrogen) atoms. The van der Waals surface area contributed by atoms with Crippen molar-refractivity contribution in [2.75, 3.05) is 14.2 Å². The molecule has 0 saturated carbocycles. The largest absolute Gasteiger partial charge is 0.493 e. The summed E-state index contributed by atoms with van der Waals surface area (Å²) in [4.78, 5) is 12.4. The first-order valence-corrected chi connectivity index (χ1v) is 7.61. The highest BCUT2D eigenvalue weighted by Gasteiger charge is 2.16. The van der Waals surface area contributed by atoms with Crippen LogP contribution in [0.3, 0.4) is 0 Å². The van der Waals surface area contributed by atoms with Gasteiger partial charge in [-0.15, -0.1) is 0 Å². The normalized spacial score (nSPS) is 10.4. The monoisotopic (exact) mass is 322 g/mol. The Morgan fingerprint density at radius 2 is 1.46 bits per heavy atom. The molecule has 122 valence electrons. The van der Waals surface area contributed by atoms with Gasteiger partial charge in [0.15, 0.2) is 11.5 Å². The Balaban J connectivity index is 1.86. The Kier molecular flexibility index (Phi) is 4.66. The van der Waals surface area contributed by atoms with Gasteiger partial charge >= 0.3 is 5.97 Å². The van der Waals surface area contributed by atoms with E-state index in [4.69, 9.17) is 14.2 Å². The number of para-hydroxylation sites is 1. The van der Waals surface area contributed by atoms with Gasteiger partial charge in [0.2, 0.25) is 5.75 Å². The fraction of sp³-hybridized carbons (Fsp3) is 0.150. The van der Waals surface area contributed by atoms with Gasteiger partial charge in [0.1, 0.15) is 0 Å². The molecule has 0 aliphatic heterocycles. The molecule has 3 aromatic rings. The summed E-state index contributed by atoms with van der Waals surface area (Å²) in [6.07, 6.45) is 0.169. The Morgan fingerprint density at radius 1 is 0.833 bits per heavy atom. The van der Waals surface area contributed by atoms with Gasteiger partial charge in [0, 0.05) is 0 Å². The molecule has 0 unspecified atom stereocenters. The van der Waals surface area contributed by atoms with Gasteiger partial charge in [-0.25, -0.2) is 0 Å². The van der Waals surface area contributed by atoms with Crippen LogP contribution in [0.1, 0.15) is 5.56 Å². The average molecular weight is 322 g/mol. The third kappa shape index (κ3) is 3.18. The smallest absolute Gasteiger partial charge is 0.315 e. The fourth-order valence-corrected chi connectivity index (χ4v) is 2.67. The molecular weight excluding hydrogens is 304 g/mol. The van der Waals surface area contributed by atoms with E-state index in [0.717, 1.165) is 16.3 Å². The number of carbonyl (C=O) groups excluding carboxylic acids is 1. The minimum atomic E-state index is -0.367. The molecule has 0 aromatic heterocycles. The standard InChI is InChI=1S/C20H18O4/c1-22-17-11-6-12-18(23-2)20(17)24-19(21)13-15-9-5-8-14-7-3-4-10-16(14)15/h3-12H,13H2,1-2H3. The molecule has 0 atom stereocenters. The zero-order valence-electron chi connectivity index (χ0n) is 13.6.